The number of hydrogen-bond acceptors (Lipinski definition) is 5. The molecule has 0 aliphatic carbocycles. The van der Waals surface area contributed by atoms with Gasteiger partial charge in [0.15, 0.2) is 0 Å². The maximum Gasteiger partial charge on any atom is 0.311 e. The Bertz CT molecular complexity index is 880. The van der Waals surface area contributed by atoms with E-state index in [-0.39, 0.29) is 5.97 Å². The molecule has 1 heterocycles. The number of esters is 1. The van der Waals surface area contributed by atoms with E-state index in [0.717, 1.165) is 27.8 Å². The van der Waals surface area contributed by atoms with E-state index in [1.165, 1.54) is 0 Å². The number of carbonyl (C=O) groups is 1. The molecule has 3 unspecified atom stereocenters. The van der Waals surface area contributed by atoms with Crippen LogP contribution in [0.1, 0.15) is 16.7 Å². The Balaban J connectivity index is 1.88. The van der Waals surface area contributed by atoms with Gasteiger partial charge in [-0.05, 0) is 42.1 Å². The lowest BCUT2D eigenvalue weighted by Crippen LogP contribution is -2.54. The van der Waals surface area contributed by atoms with Gasteiger partial charge < -0.3 is 9.84 Å². The molecular weight excluding hydrogens is 394 g/mol. The lowest BCUT2D eigenvalue weighted by atomic mass is 9.82. The molecule has 0 radical (unpaired) electrons. The fraction of sp³-hybridized carbons (Fsp3) is 0.458. The van der Waals surface area contributed by atoms with Gasteiger partial charge in [-0.2, -0.15) is 0 Å². The number of hydrogen-bond donors (Lipinski definition) is 2. The highest BCUT2D eigenvalue weighted by Gasteiger charge is 2.42. The van der Waals surface area contributed by atoms with Crippen LogP contribution in [0, 0.1) is 12.8 Å². The number of rotatable bonds is 7. The lowest BCUT2D eigenvalue weighted by molar-refractivity contribution is -0.151. The number of ether oxygens (including phenoxy) is 1. The van der Waals surface area contributed by atoms with Crippen LogP contribution in [0.15, 0.2) is 48.5 Å². The molecule has 30 heavy (non-hydrogen) atoms. The first-order valence-corrected chi connectivity index (χ1v) is 14.3. The molecule has 2 N–H and O–H groups in total. The van der Waals surface area contributed by atoms with Crippen LogP contribution in [0.5, 0.6) is 0 Å². The quantitative estimate of drug-likeness (QED) is 0.511. The summed E-state index contributed by atoms with van der Waals surface area (Å²) < 4.78 is 5.68. The summed E-state index contributed by atoms with van der Waals surface area (Å²) in [6.07, 6.45) is -0.0764. The van der Waals surface area contributed by atoms with Crippen LogP contribution in [0.25, 0.3) is 0 Å². The molecule has 0 saturated heterocycles. The highest BCUT2D eigenvalue weighted by molar-refractivity contribution is 6.76. The fourth-order valence-electron chi connectivity index (χ4n) is 4.00. The Hall–Kier alpha value is -2.15. The normalized spacial score (nSPS) is 19.9. The Morgan fingerprint density at radius 3 is 2.53 bits per heavy atom. The number of carbonyl (C=O) groups excluding carboxylic acids is 1. The monoisotopic (exact) mass is 427 g/mol. The first-order chi connectivity index (χ1) is 14.2. The Labute approximate surface area is 180 Å². The van der Waals surface area contributed by atoms with E-state index in [0.29, 0.717) is 25.1 Å². The molecule has 0 saturated carbocycles. The number of anilines is 1. The number of aliphatic hydroxyl groups excluding tert-OH is 1. The zero-order chi connectivity index (χ0) is 21.9. The van der Waals surface area contributed by atoms with E-state index in [2.05, 4.69) is 19.6 Å². The van der Waals surface area contributed by atoms with Gasteiger partial charge >= 0.3 is 5.97 Å². The molecule has 0 amide bonds. The molecule has 1 aliphatic heterocycles. The molecule has 6 heteroatoms. The van der Waals surface area contributed by atoms with E-state index < -0.39 is 26.1 Å². The summed E-state index contributed by atoms with van der Waals surface area (Å²) in [6.45, 7) is 9.10. The first-order valence-electron chi connectivity index (χ1n) is 10.6. The highest BCUT2D eigenvalue weighted by atomic mass is 28.3. The second-order valence-corrected chi connectivity index (χ2v) is 15.1. The predicted molar refractivity (Wildman–Crippen MR) is 122 cm³/mol. The molecule has 2 aromatic rings. The summed E-state index contributed by atoms with van der Waals surface area (Å²) in [5.41, 5.74) is 3.60. The zero-order valence-corrected chi connectivity index (χ0v) is 19.3. The van der Waals surface area contributed by atoms with E-state index in [9.17, 15) is 15.1 Å². The van der Waals surface area contributed by atoms with Crippen LogP contribution < -0.4 is 5.06 Å². The Morgan fingerprint density at radius 1 is 1.17 bits per heavy atom. The van der Waals surface area contributed by atoms with Crippen molar-refractivity contribution in [2.75, 3.05) is 11.7 Å². The maximum absolute atomic E-state index is 13.2. The molecule has 162 valence electrons. The highest BCUT2D eigenvalue weighted by Crippen LogP contribution is 2.34. The van der Waals surface area contributed by atoms with Gasteiger partial charge in [0.2, 0.25) is 0 Å². The summed E-state index contributed by atoms with van der Waals surface area (Å²) in [5, 5.41) is 23.0. The molecule has 0 bridgehead atoms. The van der Waals surface area contributed by atoms with Crippen molar-refractivity contribution in [2.24, 2.45) is 5.92 Å². The minimum atomic E-state index is -1.34. The third kappa shape index (κ3) is 5.30. The number of nitrogens with zero attached hydrogens (tertiary/aromatic N) is 1. The topological polar surface area (TPSA) is 70.0 Å². The number of aliphatic hydroxyl groups is 1. The fourth-order valence-corrected chi connectivity index (χ4v) is 4.71. The van der Waals surface area contributed by atoms with Gasteiger partial charge in [-0.25, -0.2) is 0 Å². The Morgan fingerprint density at radius 2 is 1.83 bits per heavy atom. The number of fused-ring (bicyclic) bond motifs is 1. The minimum Gasteiger partial charge on any atom is -0.466 e. The van der Waals surface area contributed by atoms with Gasteiger partial charge in [0.1, 0.15) is 0 Å². The van der Waals surface area contributed by atoms with Crippen molar-refractivity contribution < 1.29 is 19.8 Å². The molecule has 0 aromatic heterocycles. The van der Waals surface area contributed by atoms with Crippen molar-refractivity contribution in [1.29, 1.82) is 0 Å². The van der Waals surface area contributed by atoms with Crippen molar-refractivity contribution in [3.05, 3.63) is 65.2 Å². The largest absolute Gasteiger partial charge is 0.466 e. The third-order valence-electron chi connectivity index (χ3n) is 5.86. The van der Waals surface area contributed by atoms with E-state index in [1.54, 1.807) is 0 Å². The minimum absolute atomic E-state index is 0.362. The average molecular weight is 428 g/mol. The number of para-hydroxylation sites is 1. The van der Waals surface area contributed by atoms with Crippen LogP contribution in [-0.2, 0) is 22.4 Å². The molecular formula is C24H33NO4Si. The smallest absolute Gasteiger partial charge is 0.311 e. The molecule has 0 fully saturated rings. The third-order valence-corrected chi connectivity index (χ3v) is 7.56. The number of hydroxylamine groups is 1. The summed E-state index contributed by atoms with van der Waals surface area (Å²) in [5.74, 6) is -1.04. The van der Waals surface area contributed by atoms with Crippen LogP contribution in [0.2, 0.25) is 25.7 Å². The summed E-state index contributed by atoms with van der Waals surface area (Å²) in [6, 6.07) is 15.5. The standard InChI is InChI=1S/C24H33NO4Si/c1-17-9-5-6-10-18(17)15-20(24(27)29-13-14-30(2,3)4)23-22(26)16-19-11-7-8-12-21(19)25(23)28/h5-12,20,22-23,26,28H,13-16H2,1-4H3. The molecule has 2 aromatic carbocycles. The van der Waals surface area contributed by atoms with Crippen LogP contribution in [0.3, 0.4) is 0 Å². The maximum atomic E-state index is 13.2. The molecule has 0 spiro atoms. The van der Waals surface area contributed by atoms with Gasteiger partial charge in [-0.15, -0.1) is 0 Å². The summed E-state index contributed by atoms with van der Waals surface area (Å²) in [7, 11) is -1.34. The lowest BCUT2D eigenvalue weighted by Gasteiger charge is -2.40. The number of aryl methyl sites for hydroxylation is 1. The van der Waals surface area contributed by atoms with Gasteiger partial charge in [0.25, 0.3) is 0 Å². The van der Waals surface area contributed by atoms with Gasteiger partial charge in [-0.3, -0.25) is 15.1 Å². The van der Waals surface area contributed by atoms with Crippen LogP contribution >= 0.6 is 0 Å². The van der Waals surface area contributed by atoms with Crippen molar-refractivity contribution in [2.45, 2.75) is 57.6 Å². The van der Waals surface area contributed by atoms with Gasteiger partial charge in [0, 0.05) is 14.5 Å². The van der Waals surface area contributed by atoms with Crippen LogP contribution in [-0.4, -0.2) is 43.1 Å². The summed E-state index contributed by atoms with van der Waals surface area (Å²) >= 11 is 0. The van der Waals surface area contributed by atoms with Gasteiger partial charge in [-0.1, -0.05) is 62.1 Å². The molecule has 3 rings (SSSR count). The second kappa shape index (κ2) is 9.33. The zero-order valence-electron chi connectivity index (χ0n) is 18.3. The van der Waals surface area contributed by atoms with Crippen molar-refractivity contribution in [3.63, 3.8) is 0 Å². The predicted octanol–water partition coefficient (Wildman–Crippen LogP) is 4.22. The average Bonchev–Trinajstić information content (AvgIpc) is 2.67. The molecule has 5 nitrogen and oxygen atoms in total. The van der Waals surface area contributed by atoms with Crippen molar-refractivity contribution in [3.8, 4) is 0 Å². The summed E-state index contributed by atoms with van der Waals surface area (Å²) in [4.78, 5) is 13.2. The second-order valence-electron chi connectivity index (χ2n) is 9.45. The molecule has 3 atom stereocenters. The van der Waals surface area contributed by atoms with Crippen molar-refractivity contribution in [1.82, 2.24) is 0 Å². The number of benzene rings is 2. The van der Waals surface area contributed by atoms with Gasteiger partial charge in [0.05, 0.1) is 30.4 Å². The SMILES string of the molecule is Cc1ccccc1CC(C(=O)OCC[Si](C)(C)C)C1C(O)Cc2ccccc2N1O. The van der Waals surface area contributed by atoms with E-state index >= 15 is 0 Å². The Kier molecular flexibility index (Phi) is 7.01. The molecule has 1 aliphatic rings. The van der Waals surface area contributed by atoms with Crippen LogP contribution in [0.4, 0.5) is 5.69 Å². The van der Waals surface area contributed by atoms with E-state index in [4.69, 9.17) is 4.74 Å². The van der Waals surface area contributed by atoms with Crippen molar-refractivity contribution >= 4 is 19.7 Å². The van der Waals surface area contributed by atoms with E-state index in [1.807, 2.05) is 55.5 Å². The first kappa shape index (κ1) is 22.5.